The van der Waals surface area contributed by atoms with Gasteiger partial charge >= 0.3 is 5.97 Å². The lowest BCUT2D eigenvalue weighted by Crippen LogP contribution is -2.26. The molecular weight excluding hydrogens is 290 g/mol. The highest BCUT2D eigenvalue weighted by atomic mass is 35.5. The van der Waals surface area contributed by atoms with Gasteiger partial charge in [-0.05, 0) is 30.7 Å². The van der Waals surface area contributed by atoms with Crippen molar-refractivity contribution in [3.05, 3.63) is 70.2 Å². The number of carboxylic acids is 1. The predicted octanol–water partition coefficient (Wildman–Crippen LogP) is 3.53. The summed E-state index contributed by atoms with van der Waals surface area (Å²) in [7, 11) is 0. The molecule has 4 nitrogen and oxygen atoms in total. The summed E-state index contributed by atoms with van der Waals surface area (Å²) in [4.78, 5) is 23.2. The minimum atomic E-state index is -1.12. The van der Waals surface area contributed by atoms with Crippen LogP contribution in [-0.4, -0.2) is 17.0 Å². The van der Waals surface area contributed by atoms with Gasteiger partial charge < -0.3 is 10.4 Å². The van der Waals surface area contributed by atoms with Crippen LogP contribution in [0.5, 0.6) is 0 Å². The van der Waals surface area contributed by atoms with Crippen molar-refractivity contribution in [3.63, 3.8) is 0 Å². The van der Waals surface area contributed by atoms with E-state index in [2.05, 4.69) is 5.32 Å². The Morgan fingerprint density at radius 2 is 1.71 bits per heavy atom. The molecule has 1 atom stereocenters. The molecular formula is C16H14ClNO3. The number of carbonyl (C=O) groups excluding carboxylic acids is 1. The highest BCUT2D eigenvalue weighted by Crippen LogP contribution is 2.17. The lowest BCUT2D eigenvalue weighted by Gasteiger charge is -2.14. The molecule has 0 spiro atoms. The van der Waals surface area contributed by atoms with Gasteiger partial charge in [-0.3, -0.25) is 4.79 Å². The van der Waals surface area contributed by atoms with Crippen molar-refractivity contribution in [1.82, 2.24) is 5.32 Å². The van der Waals surface area contributed by atoms with Crippen molar-refractivity contribution in [2.75, 3.05) is 0 Å². The first-order chi connectivity index (χ1) is 9.97. The second kappa shape index (κ2) is 6.41. The number of carbonyl (C=O) groups is 2. The van der Waals surface area contributed by atoms with E-state index in [4.69, 9.17) is 16.7 Å². The molecule has 0 unspecified atom stereocenters. The third-order valence-corrected chi connectivity index (χ3v) is 3.27. The van der Waals surface area contributed by atoms with Crippen LogP contribution >= 0.6 is 11.6 Å². The maximum absolute atomic E-state index is 12.2. The summed E-state index contributed by atoms with van der Waals surface area (Å²) in [5.41, 5.74) is 1.18. The maximum Gasteiger partial charge on any atom is 0.335 e. The number of amides is 1. The average molecular weight is 304 g/mol. The summed E-state index contributed by atoms with van der Waals surface area (Å²) in [5.74, 6) is -1.49. The number of aromatic carboxylic acids is 1. The summed E-state index contributed by atoms with van der Waals surface area (Å²) in [6, 6.07) is 13.4. The lowest BCUT2D eigenvalue weighted by molar-refractivity contribution is 0.0697. The zero-order valence-electron chi connectivity index (χ0n) is 11.3. The molecule has 0 aliphatic carbocycles. The summed E-state index contributed by atoms with van der Waals surface area (Å²) in [6.07, 6.45) is 0. The highest BCUT2D eigenvalue weighted by molar-refractivity contribution is 6.31. The molecule has 2 aromatic carbocycles. The van der Waals surface area contributed by atoms with E-state index >= 15 is 0 Å². The van der Waals surface area contributed by atoms with Crippen molar-refractivity contribution in [2.45, 2.75) is 13.0 Å². The van der Waals surface area contributed by atoms with Crippen LogP contribution in [0.25, 0.3) is 0 Å². The molecule has 5 heteroatoms. The van der Waals surface area contributed by atoms with E-state index in [1.54, 1.807) is 0 Å². The molecule has 2 rings (SSSR count). The van der Waals surface area contributed by atoms with E-state index in [0.717, 1.165) is 5.56 Å². The molecule has 0 aliphatic heterocycles. The van der Waals surface area contributed by atoms with Crippen LogP contribution in [0.15, 0.2) is 48.5 Å². The fourth-order valence-electron chi connectivity index (χ4n) is 1.95. The molecule has 0 bridgehead atoms. The van der Waals surface area contributed by atoms with Gasteiger partial charge in [-0.15, -0.1) is 0 Å². The average Bonchev–Trinajstić information content (AvgIpc) is 2.47. The van der Waals surface area contributed by atoms with Crippen molar-refractivity contribution in [3.8, 4) is 0 Å². The Bertz CT molecular complexity index is 670. The molecule has 0 heterocycles. The van der Waals surface area contributed by atoms with Gasteiger partial charge in [0.15, 0.2) is 0 Å². The first-order valence-corrected chi connectivity index (χ1v) is 6.75. The Kier molecular flexibility index (Phi) is 4.60. The lowest BCUT2D eigenvalue weighted by atomic mass is 10.1. The minimum Gasteiger partial charge on any atom is -0.478 e. The Hall–Kier alpha value is -2.33. The first kappa shape index (κ1) is 15.1. The van der Waals surface area contributed by atoms with Crippen molar-refractivity contribution < 1.29 is 14.7 Å². The van der Waals surface area contributed by atoms with Gasteiger partial charge in [-0.1, -0.05) is 41.9 Å². The third-order valence-electron chi connectivity index (χ3n) is 3.05. The van der Waals surface area contributed by atoms with Gasteiger partial charge in [0, 0.05) is 10.6 Å². The zero-order chi connectivity index (χ0) is 15.4. The van der Waals surface area contributed by atoms with Gasteiger partial charge in [-0.25, -0.2) is 4.79 Å². The quantitative estimate of drug-likeness (QED) is 0.908. The summed E-state index contributed by atoms with van der Waals surface area (Å²) >= 11 is 5.85. The number of nitrogens with one attached hydrogen (secondary N) is 1. The first-order valence-electron chi connectivity index (χ1n) is 6.37. The van der Waals surface area contributed by atoms with Gasteiger partial charge in [0.25, 0.3) is 5.91 Å². The molecule has 1 amide bonds. The smallest absolute Gasteiger partial charge is 0.335 e. The highest BCUT2D eigenvalue weighted by Gasteiger charge is 2.14. The topological polar surface area (TPSA) is 66.4 Å². The fraction of sp³-hybridized carbons (Fsp3) is 0.125. The summed E-state index contributed by atoms with van der Waals surface area (Å²) in [5, 5.41) is 12.0. The van der Waals surface area contributed by atoms with E-state index in [1.165, 1.54) is 18.2 Å². The van der Waals surface area contributed by atoms with Crippen LogP contribution in [0.1, 0.15) is 39.2 Å². The SMILES string of the molecule is C[C@@H](NC(=O)c1cc(Cl)cc(C(=O)O)c1)c1ccccc1. The van der Waals surface area contributed by atoms with Gasteiger partial charge in [0.1, 0.15) is 0 Å². The molecule has 2 aromatic rings. The van der Waals surface area contributed by atoms with Crippen molar-refractivity contribution in [2.24, 2.45) is 0 Å². The van der Waals surface area contributed by atoms with E-state index in [1.807, 2.05) is 37.3 Å². The second-order valence-corrected chi connectivity index (χ2v) is 5.08. The van der Waals surface area contributed by atoms with Crippen LogP contribution in [0.4, 0.5) is 0 Å². The monoisotopic (exact) mass is 303 g/mol. The molecule has 0 saturated carbocycles. The van der Waals surface area contributed by atoms with Crippen LogP contribution in [0.2, 0.25) is 5.02 Å². The molecule has 0 aromatic heterocycles. The summed E-state index contributed by atoms with van der Waals surface area (Å²) in [6.45, 7) is 1.86. The number of hydrogen-bond donors (Lipinski definition) is 2. The Morgan fingerprint density at radius 3 is 2.33 bits per heavy atom. The van der Waals surface area contributed by atoms with Crippen LogP contribution in [0, 0.1) is 0 Å². The van der Waals surface area contributed by atoms with Gasteiger partial charge in [0.05, 0.1) is 11.6 Å². The molecule has 0 saturated heterocycles. The van der Waals surface area contributed by atoms with Gasteiger partial charge in [-0.2, -0.15) is 0 Å². The number of rotatable bonds is 4. The summed E-state index contributed by atoms with van der Waals surface area (Å²) < 4.78 is 0. The third kappa shape index (κ3) is 3.83. The Balaban J connectivity index is 2.19. The molecule has 0 fully saturated rings. The van der Waals surface area contributed by atoms with E-state index in [9.17, 15) is 9.59 Å². The number of benzene rings is 2. The molecule has 108 valence electrons. The fourth-order valence-corrected chi connectivity index (χ4v) is 2.18. The molecule has 0 radical (unpaired) electrons. The minimum absolute atomic E-state index is 0.0139. The standard InChI is InChI=1S/C16H14ClNO3/c1-10(11-5-3-2-4-6-11)18-15(19)12-7-13(16(20)21)9-14(17)8-12/h2-10H,1H3,(H,18,19)(H,20,21)/t10-/m1/s1. The maximum atomic E-state index is 12.2. The second-order valence-electron chi connectivity index (χ2n) is 4.64. The van der Waals surface area contributed by atoms with Gasteiger partial charge in [0.2, 0.25) is 0 Å². The number of hydrogen-bond acceptors (Lipinski definition) is 2. The van der Waals surface area contributed by atoms with Crippen molar-refractivity contribution in [1.29, 1.82) is 0 Å². The molecule has 0 aliphatic rings. The number of halogens is 1. The number of carboxylic acid groups (broad SMARTS) is 1. The van der Waals surface area contributed by atoms with Crippen molar-refractivity contribution >= 4 is 23.5 Å². The van der Waals surface area contributed by atoms with E-state index < -0.39 is 5.97 Å². The Morgan fingerprint density at radius 1 is 1.10 bits per heavy atom. The predicted molar refractivity (Wildman–Crippen MR) is 80.7 cm³/mol. The van der Waals surface area contributed by atoms with Crippen LogP contribution in [0.3, 0.4) is 0 Å². The zero-order valence-corrected chi connectivity index (χ0v) is 12.1. The van der Waals surface area contributed by atoms with E-state index in [0.29, 0.717) is 0 Å². The largest absolute Gasteiger partial charge is 0.478 e. The normalized spacial score (nSPS) is 11.7. The molecule has 2 N–H and O–H groups in total. The van der Waals surface area contributed by atoms with Crippen LogP contribution < -0.4 is 5.32 Å². The molecule has 21 heavy (non-hydrogen) atoms. The van der Waals surface area contributed by atoms with E-state index in [-0.39, 0.29) is 28.1 Å². The van der Waals surface area contributed by atoms with Crippen LogP contribution in [-0.2, 0) is 0 Å². The Labute approximate surface area is 127 Å².